The Bertz CT molecular complexity index is 753. The molecule has 3 rings (SSSR count). The van der Waals surface area contributed by atoms with E-state index >= 15 is 0 Å². The van der Waals surface area contributed by atoms with Gasteiger partial charge in [-0.25, -0.2) is 0 Å². The fraction of sp³-hybridized carbons (Fsp3) is 0.409. The van der Waals surface area contributed by atoms with Crippen molar-refractivity contribution < 1.29 is 9.53 Å². The van der Waals surface area contributed by atoms with Crippen LogP contribution in [0.25, 0.3) is 0 Å². The molecule has 0 radical (unpaired) electrons. The van der Waals surface area contributed by atoms with Crippen LogP contribution < -0.4 is 10.1 Å². The summed E-state index contributed by atoms with van der Waals surface area (Å²) in [6, 6.07) is 16.4. The number of carbonyl (C=O) groups is 1. The zero-order chi connectivity index (χ0) is 18.6. The lowest BCUT2D eigenvalue weighted by molar-refractivity contribution is -0.120. The number of benzene rings is 2. The first-order valence-corrected chi connectivity index (χ1v) is 10.3. The maximum atomic E-state index is 12.6. The maximum Gasteiger partial charge on any atom is 0.230 e. The molecule has 0 saturated carbocycles. The molecule has 3 nitrogen and oxygen atoms in total. The summed E-state index contributed by atoms with van der Waals surface area (Å²) in [6.07, 6.45) is 2.68. The Morgan fingerprint density at radius 3 is 2.54 bits per heavy atom. The first kappa shape index (κ1) is 18.8. The Labute approximate surface area is 160 Å². The number of hydrogen-bond acceptors (Lipinski definition) is 3. The Balaban J connectivity index is 1.69. The third-order valence-corrected chi connectivity index (χ3v) is 6.22. The smallest absolute Gasteiger partial charge is 0.230 e. The van der Waals surface area contributed by atoms with Crippen molar-refractivity contribution in [2.24, 2.45) is 0 Å². The zero-order valence-electron chi connectivity index (χ0n) is 15.7. The van der Waals surface area contributed by atoms with Crippen molar-refractivity contribution in [1.29, 1.82) is 0 Å². The van der Waals surface area contributed by atoms with Gasteiger partial charge in [-0.1, -0.05) is 49.7 Å². The van der Waals surface area contributed by atoms with Crippen LogP contribution in [0.15, 0.2) is 53.4 Å². The van der Waals surface area contributed by atoms with Crippen LogP contribution >= 0.6 is 11.8 Å². The van der Waals surface area contributed by atoms with Crippen molar-refractivity contribution in [1.82, 2.24) is 5.32 Å². The lowest BCUT2D eigenvalue weighted by Crippen LogP contribution is -2.44. The number of aryl methyl sites for hydroxylation is 1. The van der Waals surface area contributed by atoms with Gasteiger partial charge in [0, 0.05) is 16.9 Å². The van der Waals surface area contributed by atoms with E-state index in [1.807, 2.05) is 18.2 Å². The number of para-hydroxylation sites is 1. The number of hydrogen-bond donors (Lipinski definition) is 1. The topological polar surface area (TPSA) is 38.3 Å². The molecule has 2 aromatic carbocycles. The van der Waals surface area contributed by atoms with Gasteiger partial charge in [0.05, 0.1) is 11.8 Å². The largest absolute Gasteiger partial charge is 0.487 e. The number of amides is 1. The summed E-state index contributed by atoms with van der Waals surface area (Å²) in [6.45, 7) is 6.38. The summed E-state index contributed by atoms with van der Waals surface area (Å²) >= 11 is 1.58. The summed E-state index contributed by atoms with van der Waals surface area (Å²) in [5.74, 6) is 1.39. The predicted molar refractivity (Wildman–Crippen MR) is 108 cm³/mol. The SMILES string of the molecule is CCC1(CC)C[C@H](NC(=O)CSc2ccc(C)cc2)c2ccccc2O1. The first-order chi connectivity index (χ1) is 12.5. The van der Waals surface area contributed by atoms with Gasteiger partial charge in [0.25, 0.3) is 0 Å². The molecule has 0 aromatic heterocycles. The van der Waals surface area contributed by atoms with Crippen LogP contribution in [-0.2, 0) is 4.79 Å². The Morgan fingerprint density at radius 2 is 1.85 bits per heavy atom. The molecule has 1 heterocycles. The normalized spacial score (nSPS) is 17.9. The Hall–Kier alpha value is -1.94. The molecule has 1 amide bonds. The molecule has 0 saturated heterocycles. The average molecular weight is 370 g/mol. The molecule has 0 bridgehead atoms. The van der Waals surface area contributed by atoms with Crippen molar-refractivity contribution in [3.8, 4) is 5.75 Å². The number of carbonyl (C=O) groups excluding carboxylic acids is 1. The summed E-state index contributed by atoms with van der Waals surface area (Å²) in [4.78, 5) is 13.7. The highest BCUT2D eigenvalue weighted by Crippen LogP contribution is 2.42. The van der Waals surface area contributed by atoms with E-state index in [0.29, 0.717) is 5.75 Å². The second-order valence-corrected chi connectivity index (χ2v) is 8.00. The van der Waals surface area contributed by atoms with Gasteiger partial charge in [-0.15, -0.1) is 11.8 Å². The molecule has 0 fully saturated rings. The van der Waals surface area contributed by atoms with Crippen LogP contribution in [0.4, 0.5) is 0 Å². The highest BCUT2D eigenvalue weighted by atomic mass is 32.2. The van der Waals surface area contributed by atoms with Crippen molar-refractivity contribution in [2.45, 2.75) is 56.6 Å². The van der Waals surface area contributed by atoms with E-state index in [1.165, 1.54) is 5.56 Å². The maximum absolute atomic E-state index is 12.6. The van der Waals surface area contributed by atoms with E-state index in [4.69, 9.17) is 4.74 Å². The molecular formula is C22H27NO2S. The molecule has 1 aliphatic rings. The van der Waals surface area contributed by atoms with Crippen LogP contribution in [0, 0.1) is 6.92 Å². The minimum absolute atomic E-state index is 0.00553. The molecule has 4 heteroatoms. The van der Waals surface area contributed by atoms with Gasteiger partial charge in [-0.2, -0.15) is 0 Å². The molecule has 26 heavy (non-hydrogen) atoms. The lowest BCUT2D eigenvalue weighted by Gasteiger charge is -2.41. The van der Waals surface area contributed by atoms with Gasteiger partial charge in [0.2, 0.25) is 5.91 Å². The third-order valence-electron chi connectivity index (χ3n) is 5.21. The number of nitrogens with one attached hydrogen (secondary N) is 1. The molecule has 0 aliphatic carbocycles. The van der Waals surface area contributed by atoms with E-state index < -0.39 is 0 Å². The summed E-state index contributed by atoms with van der Waals surface area (Å²) in [5.41, 5.74) is 2.11. The quantitative estimate of drug-likeness (QED) is 0.704. The minimum Gasteiger partial charge on any atom is -0.487 e. The monoisotopic (exact) mass is 369 g/mol. The van der Waals surface area contributed by atoms with Gasteiger partial charge in [0.15, 0.2) is 0 Å². The molecule has 1 atom stereocenters. The summed E-state index contributed by atoms with van der Waals surface area (Å²) < 4.78 is 6.31. The minimum atomic E-state index is -0.198. The van der Waals surface area contributed by atoms with E-state index in [-0.39, 0.29) is 17.6 Å². The predicted octanol–water partition coefficient (Wildman–Crippen LogP) is 5.29. The fourth-order valence-electron chi connectivity index (χ4n) is 3.45. The number of thioether (sulfide) groups is 1. The molecule has 1 aliphatic heterocycles. The van der Waals surface area contributed by atoms with Gasteiger partial charge in [-0.3, -0.25) is 4.79 Å². The van der Waals surface area contributed by atoms with Crippen molar-refractivity contribution in [2.75, 3.05) is 5.75 Å². The summed E-state index contributed by atoms with van der Waals surface area (Å²) in [7, 11) is 0. The molecule has 138 valence electrons. The summed E-state index contributed by atoms with van der Waals surface area (Å²) in [5, 5.41) is 3.24. The molecule has 2 aromatic rings. The zero-order valence-corrected chi connectivity index (χ0v) is 16.6. The third kappa shape index (κ3) is 4.24. The fourth-order valence-corrected chi connectivity index (χ4v) is 4.16. The van der Waals surface area contributed by atoms with Crippen LogP contribution in [0.1, 0.15) is 50.3 Å². The van der Waals surface area contributed by atoms with Crippen LogP contribution in [-0.4, -0.2) is 17.3 Å². The van der Waals surface area contributed by atoms with E-state index in [1.54, 1.807) is 11.8 Å². The number of fused-ring (bicyclic) bond motifs is 1. The molecule has 0 unspecified atom stereocenters. The molecule has 1 N–H and O–H groups in total. The van der Waals surface area contributed by atoms with Crippen molar-refractivity contribution >= 4 is 17.7 Å². The van der Waals surface area contributed by atoms with E-state index in [9.17, 15) is 4.79 Å². The average Bonchev–Trinajstić information content (AvgIpc) is 2.67. The van der Waals surface area contributed by atoms with Gasteiger partial charge >= 0.3 is 0 Å². The second kappa shape index (κ2) is 8.17. The lowest BCUT2D eigenvalue weighted by atomic mass is 9.83. The Kier molecular flexibility index (Phi) is 5.92. The highest BCUT2D eigenvalue weighted by molar-refractivity contribution is 8.00. The molecule has 0 spiro atoms. The van der Waals surface area contributed by atoms with Gasteiger partial charge in [0.1, 0.15) is 11.4 Å². The standard InChI is InChI=1S/C22H27NO2S/c1-4-22(5-2)14-19(18-8-6-7-9-20(18)25-22)23-21(24)15-26-17-12-10-16(3)11-13-17/h6-13,19H,4-5,14-15H2,1-3H3,(H,23,24)/t19-/m0/s1. The molecular weight excluding hydrogens is 342 g/mol. The van der Waals surface area contributed by atoms with E-state index in [0.717, 1.165) is 35.5 Å². The van der Waals surface area contributed by atoms with Crippen molar-refractivity contribution in [3.63, 3.8) is 0 Å². The van der Waals surface area contributed by atoms with Crippen LogP contribution in [0.5, 0.6) is 5.75 Å². The van der Waals surface area contributed by atoms with Crippen molar-refractivity contribution in [3.05, 3.63) is 59.7 Å². The van der Waals surface area contributed by atoms with Crippen LogP contribution in [0.2, 0.25) is 0 Å². The van der Waals surface area contributed by atoms with Crippen LogP contribution in [0.3, 0.4) is 0 Å². The second-order valence-electron chi connectivity index (χ2n) is 6.96. The Morgan fingerprint density at radius 1 is 1.15 bits per heavy atom. The first-order valence-electron chi connectivity index (χ1n) is 9.32. The van der Waals surface area contributed by atoms with Gasteiger partial charge in [-0.05, 0) is 38.0 Å². The number of ether oxygens (including phenoxy) is 1. The van der Waals surface area contributed by atoms with E-state index in [2.05, 4.69) is 56.4 Å². The number of rotatable bonds is 6. The highest BCUT2D eigenvalue weighted by Gasteiger charge is 2.38. The van der Waals surface area contributed by atoms with Gasteiger partial charge < -0.3 is 10.1 Å².